The molecule has 0 radical (unpaired) electrons. The summed E-state index contributed by atoms with van der Waals surface area (Å²) in [5.74, 6) is -1.18. The maximum absolute atomic E-state index is 11.9. The Morgan fingerprint density at radius 2 is 1.95 bits per heavy atom. The number of anilines is 1. The molecule has 1 fully saturated rings. The predicted molar refractivity (Wildman–Crippen MR) is 65.1 cm³/mol. The van der Waals surface area contributed by atoms with Gasteiger partial charge in [0.15, 0.2) is 0 Å². The molecule has 2 amide bonds. The van der Waals surface area contributed by atoms with Crippen molar-refractivity contribution in [3.8, 4) is 0 Å². The van der Waals surface area contributed by atoms with Gasteiger partial charge in [0.25, 0.3) is 0 Å². The Balaban J connectivity index is 2.09. The molecular weight excluding hydrogens is 254 g/mol. The number of aromatic nitrogens is 1. The number of aryl methyl sites for hydroxylation is 1. The zero-order valence-corrected chi connectivity index (χ0v) is 10.3. The van der Waals surface area contributed by atoms with Crippen molar-refractivity contribution in [2.75, 3.05) is 18.4 Å². The SMILES string of the molecule is Cc1cc(NC(=O)N2CC(O)C(O)C2)c(C(=O)O)[nH]1. The zero-order valence-electron chi connectivity index (χ0n) is 10.3. The van der Waals surface area contributed by atoms with E-state index in [1.165, 1.54) is 11.0 Å². The Morgan fingerprint density at radius 1 is 1.37 bits per heavy atom. The average Bonchev–Trinajstić information content (AvgIpc) is 2.83. The first-order valence-corrected chi connectivity index (χ1v) is 5.73. The third kappa shape index (κ3) is 2.69. The second kappa shape index (κ2) is 4.90. The largest absolute Gasteiger partial charge is 0.477 e. The van der Waals surface area contributed by atoms with E-state index in [1.54, 1.807) is 6.92 Å². The van der Waals surface area contributed by atoms with Crippen LogP contribution in [0.5, 0.6) is 0 Å². The third-order valence-electron chi connectivity index (χ3n) is 2.95. The molecule has 1 aliphatic heterocycles. The van der Waals surface area contributed by atoms with Crippen molar-refractivity contribution in [2.45, 2.75) is 19.1 Å². The number of amides is 2. The number of carbonyl (C=O) groups excluding carboxylic acids is 1. The minimum atomic E-state index is -1.18. The number of aliphatic hydroxyl groups excluding tert-OH is 2. The highest BCUT2D eigenvalue weighted by atomic mass is 16.4. The molecule has 2 heterocycles. The summed E-state index contributed by atoms with van der Waals surface area (Å²) < 4.78 is 0. The number of rotatable bonds is 2. The highest BCUT2D eigenvalue weighted by molar-refractivity contribution is 5.99. The summed E-state index contributed by atoms with van der Waals surface area (Å²) in [6.07, 6.45) is -1.95. The number of aromatic amines is 1. The highest BCUT2D eigenvalue weighted by Crippen LogP contribution is 2.19. The van der Waals surface area contributed by atoms with Crippen LogP contribution in [0.15, 0.2) is 6.07 Å². The number of likely N-dealkylation sites (tertiary alicyclic amines) is 1. The Labute approximate surface area is 108 Å². The number of nitrogens with one attached hydrogen (secondary N) is 2. The van der Waals surface area contributed by atoms with Gasteiger partial charge in [0.05, 0.1) is 31.0 Å². The molecule has 104 valence electrons. The average molecular weight is 269 g/mol. The van der Waals surface area contributed by atoms with Crippen molar-refractivity contribution in [3.05, 3.63) is 17.5 Å². The summed E-state index contributed by atoms with van der Waals surface area (Å²) in [7, 11) is 0. The molecule has 8 heteroatoms. The second-order valence-corrected chi connectivity index (χ2v) is 4.52. The number of carboxylic acids is 1. The fourth-order valence-corrected chi connectivity index (χ4v) is 1.99. The Kier molecular flexibility index (Phi) is 3.45. The number of carboxylic acid groups (broad SMARTS) is 1. The monoisotopic (exact) mass is 269 g/mol. The normalized spacial score (nSPS) is 22.6. The topological polar surface area (TPSA) is 126 Å². The van der Waals surface area contributed by atoms with Crippen molar-refractivity contribution in [1.82, 2.24) is 9.88 Å². The van der Waals surface area contributed by atoms with Crippen LogP contribution in [0.25, 0.3) is 0 Å². The number of urea groups is 1. The van der Waals surface area contributed by atoms with Crippen LogP contribution in [-0.2, 0) is 0 Å². The van der Waals surface area contributed by atoms with Gasteiger partial charge in [-0.2, -0.15) is 0 Å². The van der Waals surface area contributed by atoms with Crippen LogP contribution in [0.2, 0.25) is 0 Å². The van der Waals surface area contributed by atoms with Crippen LogP contribution >= 0.6 is 0 Å². The van der Waals surface area contributed by atoms with Crippen molar-refractivity contribution in [2.24, 2.45) is 0 Å². The van der Waals surface area contributed by atoms with Crippen molar-refractivity contribution in [1.29, 1.82) is 0 Å². The summed E-state index contributed by atoms with van der Waals surface area (Å²) in [4.78, 5) is 26.7. The van der Waals surface area contributed by atoms with Gasteiger partial charge in [-0.3, -0.25) is 0 Å². The molecular formula is C11H15N3O5. The van der Waals surface area contributed by atoms with Gasteiger partial charge < -0.3 is 30.5 Å². The molecule has 2 unspecified atom stereocenters. The maximum atomic E-state index is 11.9. The minimum Gasteiger partial charge on any atom is -0.477 e. The van der Waals surface area contributed by atoms with E-state index >= 15 is 0 Å². The lowest BCUT2D eigenvalue weighted by molar-refractivity contribution is 0.0572. The number of carbonyl (C=O) groups is 2. The summed E-state index contributed by atoms with van der Waals surface area (Å²) >= 11 is 0. The molecule has 0 bridgehead atoms. The number of hydrogen-bond donors (Lipinski definition) is 5. The molecule has 19 heavy (non-hydrogen) atoms. The van der Waals surface area contributed by atoms with E-state index in [1.807, 2.05) is 0 Å². The van der Waals surface area contributed by atoms with E-state index in [-0.39, 0.29) is 24.5 Å². The standard InChI is InChI=1S/C11H15N3O5/c1-5-2-6(9(12-5)10(17)18)13-11(19)14-3-7(15)8(16)4-14/h2,7-8,12,15-16H,3-4H2,1H3,(H,13,19)(H,17,18). The van der Waals surface area contributed by atoms with Gasteiger partial charge >= 0.3 is 12.0 Å². The number of nitrogens with zero attached hydrogens (tertiary/aromatic N) is 1. The molecule has 2 atom stereocenters. The van der Waals surface area contributed by atoms with Gasteiger partial charge in [0, 0.05) is 5.69 Å². The molecule has 1 aromatic rings. The first kappa shape index (κ1) is 13.4. The van der Waals surface area contributed by atoms with Crippen LogP contribution < -0.4 is 5.32 Å². The van der Waals surface area contributed by atoms with Gasteiger partial charge in [-0.1, -0.05) is 0 Å². The lowest BCUT2D eigenvalue weighted by atomic mass is 10.3. The smallest absolute Gasteiger partial charge is 0.354 e. The van der Waals surface area contributed by atoms with Crippen LogP contribution in [0.1, 0.15) is 16.2 Å². The summed E-state index contributed by atoms with van der Waals surface area (Å²) in [6, 6.07) is 0.946. The number of aromatic carboxylic acids is 1. The lowest BCUT2D eigenvalue weighted by Gasteiger charge is -2.15. The van der Waals surface area contributed by atoms with E-state index in [0.29, 0.717) is 5.69 Å². The van der Waals surface area contributed by atoms with Crippen LogP contribution in [-0.4, -0.2) is 62.5 Å². The van der Waals surface area contributed by atoms with E-state index in [9.17, 15) is 19.8 Å². The van der Waals surface area contributed by atoms with Crippen LogP contribution in [0, 0.1) is 6.92 Å². The molecule has 1 saturated heterocycles. The van der Waals surface area contributed by atoms with Crippen LogP contribution in [0.3, 0.4) is 0 Å². The van der Waals surface area contributed by atoms with Gasteiger partial charge in [-0.15, -0.1) is 0 Å². The summed E-state index contributed by atoms with van der Waals surface area (Å²) in [6.45, 7) is 1.70. The first-order chi connectivity index (χ1) is 8.88. The van der Waals surface area contributed by atoms with Crippen molar-refractivity contribution >= 4 is 17.7 Å². The fraction of sp³-hybridized carbons (Fsp3) is 0.455. The fourth-order valence-electron chi connectivity index (χ4n) is 1.99. The third-order valence-corrected chi connectivity index (χ3v) is 2.95. The van der Waals surface area contributed by atoms with Crippen molar-refractivity contribution in [3.63, 3.8) is 0 Å². The van der Waals surface area contributed by atoms with Crippen LogP contribution in [0.4, 0.5) is 10.5 Å². The number of aliphatic hydroxyl groups is 2. The molecule has 1 aromatic heterocycles. The summed E-state index contributed by atoms with van der Waals surface area (Å²) in [5.41, 5.74) is 0.659. The van der Waals surface area contributed by atoms with E-state index in [0.717, 1.165) is 0 Å². The number of hydrogen-bond acceptors (Lipinski definition) is 4. The van der Waals surface area contributed by atoms with Gasteiger partial charge in [-0.05, 0) is 13.0 Å². The van der Waals surface area contributed by atoms with Crippen molar-refractivity contribution < 1.29 is 24.9 Å². The molecule has 0 aliphatic carbocycles. The molecule has 1 aliphatic rings. The minimum absolute atomic E-state index is 0.0127. The quantitative estimate of drug-likeness (QED) is 0.499. The molecule has 2 rings (SSSR count). The number of β-amino-alcohol motifs (C(OH)–C–C–N with tert-alkyl or cyclic N) is 2. The lowest BCUT2D eigenvalue weighted by Crippen LogP contribution is -2.34. The first-order valence-electron chi connectivity index (χ1n) is 5.73. The number of H-pyrrole nitrogens is 1. The molecule has 0 aromatic carbocycles. The van der Waals surface area contributed by atoms with E-state index in [4.69, 9.17) is 5.11 Å². The summed E-state index contributed by atoms with van der Waals surface area (Å²) in [5, 5.41) is 30.1. The Hall–Kier alpha value is -2.06. The second-order valence-electron chi connectivity index (χ2n) is 4.52. The van der Waals surface area contributed by atoms with E-state index in [2.05, 4.69) is 10.3 Å². The molecule has 5 N–H and O–H groups in total. The maximum Gasteiger partial charge on any atom is 0.354 e. The molecule has 0 saturated carbocycles. The van der Waals surface area contributed by atoms with E-state index < -0.39 is 24.2 Å². The molecule has 0 spiro atoms. The Morgan fingerprint density at radius 3 is 2.47 bits per heavy atom. The van der Waals surface area contributed by atoms with Gasteiger partial charge in [0.2, 0.25) is 0 Å². The molecule has 8 nitrogen and oxygen atoms in total. The van der Waals surface area contributed by atoms with Gasteiger partial charge in [-0.25, -0.2) is 9.59 Å². The van der Waals surface area contributed by atoms with Gasteiger partial charge in [0.1, 0.15) is 5.69 Å². The highest BCUT2D eigenvalue weighted by Gasteiger charge is 2.33. The zero-order chi connectivity index (χ0) is 14.2. The predicted octanol–water partition coefficient (Wildman–Crippen LogP) is -0.409. The Bertz CT molecular complexity index is 502.